The van der Waals surface area contributed by atoms with Crippen molar-refractivity contribution in [3.8, 4) is 0 Å². The number of carbonyl (C=O) groups excluding carboxylic acids is 4. The molecule has 3 rings (SSSR count). The maximum atomic E-state index is 13.6. The first-order valence-corrected chi connectivity index (χ1v) is 13.4. The Morgan fingerprint density at radius 3 is 1.60 bits per heavy atom. The quantitative estimate of drug-likeness (QED) is 0.266. The highest BCUT2D eigenvalue weighted by Crippen LogP contribution is 2.09. The van der Waals surface area contributed by atoms with Crippen LogP contribution in [-0.4, -0.2) is 42.3 Å². The number of benzene rings is 3. The van der Waals surface area contributed by atoms with Gasteiger partial charge in [0.25, 0.3) is 0 Å². The maximum absolute atomic E-state index is 13.6. The predicted octanol–water partition coefficient (Wildman–Crippen LogP) is 3.98. The fraction of sp³-hybridized carbons (Fsp3) is 0.312. The molecule has 0 saturated carbocycles. The molecule has 0 aliphatic carbocycles. The van der Waals surface area contributed by atoms with Gasteiger partial charge in [0.05, 0.1) is 6.04 Å². The second-order valence-corrected chi connectivity index (χ2v) is 10.1. The molecule has 0 aliphatic heterocycles. The van der Waals surface area contributed by atoms with Gasteiger partial charge < -0.3 is 25.5 Å². The zero-order valence-electron chi connectivity index (χ0n) is 22.9. The zero-order valence-corrected chi connectivity index (χ0v) is 22.9. The van der Waals surface area contributed by atoms with Crippen LogP contribution in [0.4, 0.5) is 4.79 Å². The molecular weight excluding hydrogens is 506 g/mol. The first kappa shape index (κ1) is 30.1. The molecule has 3 atom stereocenters. The van der Waals surface area contributed by atoms with Crippen molar-refractivity contribution in [1.29, 1.82) is 0 Å². The van der Waals surface area contributed by atoms with Crippen molar-refractivity contribution < 1.29 is 23.9 Å². The third-order valence-electron chi connectivity index (χ3n) is 6.24. The summed E-state index contributed by atoms with van der Waals surface area (Å²) < 4.78 is 5.35. The lowest BCUT2D eigenvalue weighted by molar-refractivity contribution is -0.131. The van der Waals surface area contributed by atoms with E-state index in [4.69, 9.17) is 4.74 Å². The molecule has 40 heavy (non-hydrogen) atoms. The second kappa shape index (κ2) is 15.8. The number of carbonyl (C=O) groups is 4. The van der Waals surface area contributed by atoms with Gasteiger partial charge in [0.1, 0.15) is 25.0 Å². The number of aldehydes is 1. The van der Waals surface area contributed by atoms with E-state index >= 15 is 0 Å². The number of nitrogens with one attached hydrogen (secondary N) is 3. The highest BCUT2D eigenvalue weighted by Gasteiger charge is 2.29. The molecular formula is C32H37N3O5. The normalized spacial score (nSPS) is 13.0. The van der Waals surface area contributed by atoms with Gasteiger partial charge in [-0.15, -0.1) is 0 Å². The van der Waals surface area contributed by atoms with E-state index in [9.17, 15) is 19.2 Å². The van der Waals surface area contributed by atoms with E-state index in [2.05, 4.69) is 16.0 Å². The summed E-state index contributed by atoms with van der Waals surface area (Å²) in [7, 11) is 0. The third-order valence-corrected chi connectivity index (χ3v) is 6.24. The standard InChI is InChI=1S/C32H37N3O5/c1-23(2)18-27(21-36)33-30(37)28(19-24-12-6-3-7-13-24)34-31(38)29(20-25-14-8-4-9-15-25)35-32(39)40-22-26-16-10-5-11-17-26/h3-17,21,23,27-29H,18-20,22H2,1-2H3,(H,33,37)(H,34,38)(H,35,39)/t27-,28-,29-/m0/s1. The summed E-state index contributed by atoms with van der Waals surface area (Å²) in [5.74, 6) is -0.817. The van der Waals surface area contributed by atoms with Crippen LogP contribution in [0.1, 0.15) is 37.0 Å². The van der Waals surface area contributed by atoms with Crippen LogP contribution in [0.15, 0.2) is 91.0 Å². The molecule has 0 aromatic heterocycles. The van der Waals surface area contributed by atoms with Gasteiger partial charge in [0.15, 0.2) is 0 Å². The minimum Gasteiger partial charge on any atom is -0.445 e. The molecule has 0 aliphatic rings. The Kier molecular flexibility index (Phi) is 11.9. The molecule has 0 unspecified atom stereocenters. The van der Waals surface area contributed by atoms with Crippen LogP contribution in [0.3, 0.4) is 0 Å². The summed E-state index contributed by atoms with van der Waals surface area (Å²) in [5, 5.41) is 8.23. The van der Waals surface area contributed by atoms with E-state index in [0.29, 0.717) is 12.7 Å². The van der Waals surface area contributed by atoms with Gasteiger partial charge in [-0.3, -0.25) is 9.59 Å². The number of alkyl carbamates (subject to hydrolysis) is 1. The van der Waals surface area contributed by atoms with Gasteiger partial charge in [-0.05, 0) is 29.0 Å². The molecule has 8 nitrogen and oxygen atoms in total. The van der Waals surface area contributed by atoms with Gasteiger partial charge in [-0.1, -0.05) is 105 Å². The Labute approximate surface area is 235 Å². The topological polar surface area (TPSA) is 114 Å². The van der Waals surface area contributed by atoms with Crippen LogP contribution in [0.5, 0.6) is 0 Å². The molecule has 0 fully saturated rings. The molecule has 3 N–H and O–H groups in total. The van der Waals surface area contributed by atoms with Crippen LogP contribution >= 0.6 is 0 Å². The SMILES string of the molecule is CC(C)C[C@@H](C=O)NC(=O)[C@H](Cc1ccccc1)NC(=O)[C@H](Cc1ccccc1)NC(=O)OCc1ccccc1. The summed E-state index contributed by atoms with van der Waals surface area (Å²) >= 11 is 0. The van der Waals surface area contributed by atoms with E-state index in [-0.39, 0.29) is 25.4 Å². The minimum absolute atomic E-state index is 0.0499. The van der Waals surface area contributed by atoms with Gasteiger partial charge in [-0.25, -0.2) is 4.79 Å². The van der Waals surface area contributed by atoms with Gasteiger partial charge in [0.2, 0.25) is 11.8 Å². The Morgan fingerprint density at radius 2 is 1.12 bits per heavy atom. The first-order valence-electron chi connectivity index (χ1n) is 13.4. The molecule has 8 heteroatoms. The smallest absolute Gasteiger partial charge is 0.408 e. The molecule has 0 heterocycles. The van der Waals surface area contributed by atoms with Crippen molar-refractivity contribution in [2.75, 3.05) is 0 Å². The number of rotatable bonds is 14. The lowest BCUT2D eigenvalue weighted by atomic mass is 10.0. The van der Waals surface area contributed by atoms with Crippen molar-refractivity contribution >= 4 is 24.2 Å². The molecule has 3 aromatic carbocycles. The lowest BCUT2D eigenvalue weighted by Gasteiger charge is -2.25. The van der Waals surface area contributed by atoms with Crippen molar-refractivity contribution in [3.63, 3.8) is 0 Å². The predicted molar refractivity (Wildman–Crippen MR) is 153 cm³/mol. The van der Waals surface area contributed by atoms with Gasteiger partial charge >= 0.3 is 6.09 Å². The van der Waals surface area contributed by atoms with Crippen molar-refractivity contribution in [1.82, 2.24) is 16.0 Å². The summed E-state index contributed by atoms with van der Waals surface area (Å²) in [4.78, 5) is 51.2. The molecule has 0 saturated heterocycles. The number of hydrogen-bond acceptors (Lipinski definition) is 5. The molecule has 3 amide bonds. The van der Waals surface area contributed by atoms with Crippen LogP contribution in [-0.2, 0) is 38.6 Å². The summed E-state index contributed by atoms with van der Waals surface area (Å²) in [6.45, 7) is 3.97. The fourth-order valence-electron chi connectivity index (χ4n) is 4.24. The van der Waals surface area contributed by atoms with Gasteiger partial charge in [-0.2, -0.15) is 0 Å². The Bertz CT molecular complexity index is 1220. The summed E-state index contributed by atoms with van der Waals surface area (Å²) in [6.07, 6.45) is 0.843. The molecule has 3 aromatic rings. The Balaban J connectivity index is 1.76. The van der Waals surface area contributed by atoms with Crippen molar-refractivity contribution in [3.05, 3.63) is 108 Å². The van der Waals surface area contributed by atoms with E-state index in [0.717, 1.165) is 16.7 Å². The maximum Gasteiger partial charge on any atom is 0.408 e. The third kappa shape index (κ3) is 10.4. The van der Waals surface area contributed by atoms with Crippen LogP contribution in [0.25, 0.3) is 0 Å². The summed E-state index contributed by atoms with van der Waals surface area (Å²) in [6, 6.07) is 25.1. The molecule has 0 radical (unpaired) electrons. The van der Waals surface area contributed by atoms with Crippen molar-refractivity contribution in [2.24, 2.45) is 5.92 Å². The van der Waals surface area contributed by atoms with Crippen LogP contribution in [0, 0.1) is 5.92 Å². The average molecular weight is 544 g/mol. The highest BCUT2D eigenvalue weighted by molar-refractivity contribution is 5.92. The van der Waals surface area contributed by atoms with Crippen molar-refractivity contribution in [2.45, 2.75) is 57.8 Å². The monoisotopic (exact) mass is 543 g/mol. The van der Waals surface area contributed by atoms with Crippen LogP contribution < -0.4 is 16.0 Å². The average Bonchev–Trinajstić information content (AvgIpc) is 2.96. The Hall–Kier alpha value is -4.46. The fourth-order valence-corrected chi connectivity index (χ4v) is 4.24. The van der Waals surface area contributed by atoms with Crippen LogP contribution in [0.2, 0.25) is 0 Å². The minimum atomic E-state index is -1.01. The largest absolute Gasteiger partial charge is 0.445 e. The second-order valence-electron chi connectivity index (χ2n) is 10.1. The van der Waals surface area contributed by atoms with E-state index in [1.165, 1.54) is 0 Å². The number of amides is 3. The zero-order chi connectivity index (χ0) is 28.7. The molecule has 0 spiro atoms. The van der Waals surface area contributed by atoms with Gasteiger partial charge in [0, 0.05) is 12.8 Å². The highest BCUT2D eigenvalue weighted by atomic mass is 16.5. The lowest BCUT2D eigenvalue weighted by Crippen LogP contribution is -2.56. The number of hydrogen-bond donors (Lipinski definition) is 3. The Morgan fingerprint density at radius 1 is 0.675 bits per heavy atom. The van der Waals surface area contributed by atoms with E-state index < -0.39 is 36.0 Å². The van der Waals surface area contributed by atoms with E-state index in [1.54, 1.807) is 0 Å². The molecule has 210 valence electrons. The molecule has 0 bridgehead atoms. The van der Waals surface area contributed by atoms with E-state index in [1.807, 2.05) is 105 Å². The first-order chi connectivity index (χ1) is 19.3. The summed E-state index contributed by atoms with van der Waals surface area (Å²) in [5.41, 5.74) is 2.48. The number of ether oxygens (including phenoxy) is 1.